The number of aryl methyl sites for hydroxylation is 1. The molecule has 0 N–H and O–H groups in total. The van der Waals surface area contributed by atoms with E-state index in [1.54, 1.807) is 11.3 Å². The van der Waals surface area contributed by atoms with Crippen molar-refractivity contribution < 1.29 is 4.43 Å². The number of thiazole rings is 1. The quantitative estimate of drug-likeness (QED) is 0.376. The summed E-state index contributed by atoms with van der Waals surface area (Å²) in [6.45, 7) is 23.9. The Hall–Kier alpha value is -0.973. The van der Waals surface area contributed by atoms with Crippen LogP contribution in [0.1, 0.15) is 52.2 Å². The SMILES string of the molecule is C=C/C(C)=C\[C@@H](C)[C@H](O[Si](C)(C)C(C)(C)C)/C(C)=C/c1csc(C)n1. The first-order valence-corrected chi connectivity index (χ1v) is 12.7. The second-order valence-electron chi connectivity index (χ2n) is 8.45. The molecule has 0 aliphatic heterocycles. The van der Waals surface area contributed by atoms with Gasteiger partial charge in [0.1, 0.15) is 0 Å². The Morgan fingerprint density at radius 2 is 1.92 bits per heavy atom. The Bertz CT molecular complexity index is 649. The van der Waals surface area contributed by atoms with E-state index >= 15 is 0 Å². The number of nitrogens with zero attached hydrogens (tertiary/aromatic N) is 1. The molecule has 140 valence electrons. The highest BCUT2D eigenvalue weighted by Crippen LogP contribution is 2.39. The molecule has 0 aliphatic carbocycles. The third kappa shape index (κ3) is 6.35. The molecule has 0 amide bonds. The molecule has 0 saturated carbocycles. The molecule has 1 aromatic heterocycles. The predicted octanol–water partition coefficient (Wildman–Crippen LogP) is 7.01. The van der Waals surface area contributed by atoms with E-state index in [4.69, 9.17) is 4.43 Å². The number of allylic oxidation sites excluding steroid dienone is 2. The average molecular weight is 378 g/mol. The molecular weight excluding hydrogens is 342 g/mol. The highest BCUT2D eigenvalue weighted by Gasteiger charge is 2.40. The molecule has 25 heavy (non-hydrogen) atoms. The van der Waals surface area contributed by atoms with Crippen LogP contribution in [0.5, 0.6) is 0 Å². The summed E-state index contributed by atoms with van der Waals surface area (Å²) >= 11 is 1.69. The summed E-state index contributed by atoms with van der Waals surface area (Å²) in [7, 11) is -1.88. The number of hydrogen-bond donors (Lipinski definition) is 0. The van der Waals surface area contributed by atoms with Gasteiger partial charge in [0.25, 0.3) is 0 Å². The monoisotopic (exact) mass is 377 g/mol. The van der Waals surface area contributed by atoms with E-state index < -0.39 is 8.32 Å². The molecule has 0 radical (unpaired) electrons. The molecule has 0 fully saturated rings. The molecule has 1 heterocycles. The van der Waals surface area contributed by atoms with Gasteiger partial charge in [0.05, 0.1) is 16.8 Å². The van der Waals surface area contributed by atoms with E-state index in [0.717, 1.165) is 10.7 Å². The first-order valence-electron chi connectivity index (χ1n) is 8.96. The first kappa shape index (κ1) is 22.1. The molecule has 0 aliphatic rings. The minimum Gasteiger partial charge on any atom is -0.410 e. The minimum absolute atomic E-state index is 0.0535. The lowest BCUT2D eigenvalue weighted by molar-refractivity contribution is 0.179. The van der Waals surface area contributed by atoms with Gasteiger partial charge < -0.3 is 4.43 Å². The van der Waals surface area contributed by atoms with Crippen LogP contribution >= 0.6 is 11.3 Å². The van der Waals surface area contributed by atoms with Gasteiger partial charge in [-0.25, -0.2) is 4.98 Å². The summed E-state index contributed by atoms with van der Waals surface area (Å²) in [6, 6.07) is 0. The largest absolute Gasteiger partial charge is 0.410 e. The van der Waals surface area contributed by atoms with Crippen molar-refractivity contribution in [1.82, 2.24) is 4.98 Å². The van der Waals surface area contributed by atoms with Crippen LogP contribution in [0.25, 0.3) is 6.08 Å². The van der Waals surface area contributed by atoms with Gasteiger partial charge in [-0.3, -0.25) is 0 Å². The Morgan fingerprint density at radius 3 is 2.36 bits per heavy atom. The maximum absolute atomic E-state index is 6.82. The Morgan fingerprint density at radius 1 is 1.32 bits per heavy atom. The molecule has 1 rings (SSSR count). The fourth-order valence-corrected chi connectivity index (χ4v) is 4.40. The average Bonchev–Trinajstić information content (AvgIpc) is 2.88. The lowest BCUT2D eigenvalue weighted by Gasteiger charge is -2.41. The van der Waals surface area contributed by atoms with Crippen molar-refractivity contribution in [3.63, 3.8) is 0 Å². The third-order valence-corrected chi connectivity index (χ3v) is 10.3. The van der Waals surface area contributed by atoms with Crippen LogP contribution in [0.4, 0.5) is 0 Å². The van der Waals surface area contributed by atoms with Crippen molar-refractivity contribution >= 4 is 25.7 Å². The van der Waals surface area contributed by atoms with Crippen molar-refractivity contribution in [3.05, 3.63) is 46.0 Å². The zero-order valence-corrected chi connectivity index (χ0v) is 19.3. The zero-order chi connectivity index (χ0) is 19.4. The molecule has 0 aromatic carbocycles. The lowest BCUT2D eigenvalue weighted by atomic mass is 9.95. The molecule has 2 nitrogen and oxygen atoms in total. The Balaban J connectivity index is 3.22. The van der Waals surface area contributed by atoms with Crippen molar-refractivity contribution in [3.8, 4) is 0 Å². The topological polar surface area (TPSA) is 22.1 Å². The van der Waals surface area contributed by atoms with E-state index in [-0.39, 0.29) is 17.1 Å². The van der Waals surface area contributed by atoms with Gasteiger partial charge in [0, 0.05) is 11.3 Å². The van der Waals surface area contributed by atoms with Gasteiger partial charge in [-0.05, 0) is 50.6 Å². The van der Waals surface area contributed by atoms with Crippen molar-refractivity contribution in [2.45, 2.75) is 72.7 Å². The summed E-state index contributed by atoms with van der Waals surface area (Å²) in [6.07, 6.45) is 6.39. The smallest absolute Gasteiger partial charge is 0.192 e. The Kier molecular flexibility index (Phi) is 7.60. The van der Waals surface area contributed by atoms with Gasteiger partial charge in [-0.15, -0.1) is 11.3 Å². The Labute approximate surface area is 159 Å². The molecule has 0 saturated heterocycles. The highest BCUT2D eigenvalue weighted by atomic mass is 32.1. The summed E-state index contributed by atoms with van der Waals surface area (Å²) in [5, 5.41) is 3.38. The standard InChI is InChI=1S/C21H35NOSSi/c1-11-15(2)12-16(3)20(23-25(9,10)21(6,7)8)17(4)13-19-14-24-18(5)22-19/h11-14,16,20H,1H2,2-10H3/b15-12-,17-13+/t16-,20+/m1/s1. The number of rotatable bonds is 7. The van der Waals surface area contributed by atoms with E-state index in [9.17, 15) is 0 Å². The van der Waals surface area contributed by atoms with Crippen LogP contribution < -0.4 is 0 Å². The van der Waals surface area contributed by atoms with Gasteiger partial charge in [0.15, 0.2) is 8.32 Å². The van der Waals surface area contributed by atoms with Gasteiger partial charge in [-0.2, -0.15) is 0 Å². The van der Waals surface area contributed by atoms with E-state index in [1.807, 2.05) is 13.0 Å². The molecule has 4 heteroatoms. The van der Waals surface area contributed by atoms with Crippen molar-refractivity contribution in [2.75, 3.05) is 0 Å². The molecule has 0 unspecified atom stereocenters. The van der Waals surface area contributed by atoms with Crippen LogP contribution in [0.2, 0.25) is 18.1 Å². The third-order valence-electron chi connectivity index (χ3n) is 5.01. The second-order valence-corrected chi connectivity index (χ2v) is 14.3. The van der Waals surface area contributed by atoms with Crippen LogP contribution in [-0.4, -0.2) is 19.4 Å². The minimum atomic E-state index is -1.88. The predicted molar refractivity (Wildman–Crippen MR) is 116 cm³/mol. The van der Waals surface area contributed by atoms with Gasteiger partial charge >= 0.3 is 0 Å². The van der Waals surface area contributed by atoms with Crippen molar-refractivity contribution in [2.24, 2.45) is 5.92 Å². The molecule has 0 bridgehead atoms. The summed E-state index contributed by atoms with van der Waals surface area (Å²) in [4.78, 5) is 4.58. The first-order chi connectivity index (χ1) is 11.4. The summed E-state index contributed by atoms with van der Waals surface area (Å²) < 4.78 is 6.82. The number of hydrogen-bond acceptors (Lipinski definition) is 3. The molecule has 1 aromatic rings. The van der Waals surface area contributed by atoms with Crippen molar-refractivity contribution in [1.29, 1.82) is 0 Å². The van der Waals surface area contributed by atoms with Crippen LogP contribution in [0.15, 0.2) is 35.3 Å². The fourth-order valence-electron chi connectivity index (χ4n) is 2.44. The fraction of sp³-hybridized carbons (Fsp3) is 0.571. The normalized spacial score (nSPS) is 16.7. The van der Waals surface area contributed by atoms with Gasteiger partial charge in [0.2, 0.25) is 0 Å². The van der Waals surface area contributed by atoms with Crippen LogP contribution in [0, 0.1) is 12.8 Å². The second kappa shape index (κ2) is 8.61. The maximum atomic E-state index is 6.82. The van der Waals surface area contributed by atoms with Crippen LogP contribution in [-0.2, 0) is 4.43 Å². The van der Waals surface area contributed by atoms with E-state index in [1.165, 1.54) is 11.1 Å². The van der Waals surface area contributed by atoms with Gasteiger partial charge in [-0.1, -0.05) is 52.0 Å². The summed E-state index contributed by atoms with van der Waals surface area (Å²) in [5.41, 5.74) is 3.45. The molecular formula is C21H35NOSSi. The van der Waals surface area contributed by atoms with E-state index in [0.29, 0.717) is 0 Å². The highest BCUT2D eigenvalue weighted by molar-refractivity contribution is 7.09. The zero-order valence-electron chi connectivity index (χ0n) is 17.4. The lowest BCUT2D eigenvalue weighted by Crippen LogP contribution is -2.45. The van der Waals surface area contributed by atoms with Crippen LogP contribution in [0.3, 0.4) is 0 Å². The van der Waals surface area contributed by atoms with E-state index in [2.05, 4.69) is 83.7 Å². The molecule has 2 atom stereocenters. The summed E-state index contributed by atoms with van der Waals surface area (Å²) in [5.74, 6) is 0.281. The maximum Gasteiger partial charge on any atom is 0.192 e. The number of aromatic nitrogens is 1. The molecule has 0 spiro atoms.